The van der Waals surface area contributed by atoms with Crippen LogP contribution in [0.15, 0.2) is 120 Å². The van der Waals surface area contributed by atoms with E-state index in [-0.39, 0.29) is 10.7 Å². The molecule has 7 heterocycles. The second kappa shape index (κ2) is 32.3. The molecule has 0 atom stereocenters. The standard InChI is InChI=1S/C28H39N5O3S.C24H33N5O2S.C23H28FN5/c1-3-4-13-29-28-30-18-25-26(20-32(27(25)31-28)19-22-7-5-21(2)6-8-22)23-9-11-24(12-10-23)37(34,35)33-14-16-36-17-15-33;1-3-4-13-26-24-27-14-21-22(19-9-11-20(12-10-19)32(25,30)31)16-29(23(21)28-24)15-18-7-5-17(2)6-8-18;24-17-5-3-16(4-6-17)21-14-29(19-9-7-18(25)8-10-19)22-20(21)13-27-23(28-22)26-12-11-15-1-2-15/h9-12,18,20-22H,3-8,13-17,19H2,1-2H3,(H,29,30,31);9-12,14,16-18H,3-8,13,15H2,1-2H3,(H2,25,30,31)(H,26,27,28);3-6,13-15,18-19H,1-2,7-12,25H2,(H,26,27,28). The van der Waals surface area contributed by atoms with Crippen molar-refractivity contribution in [2.75, 3.05) is 61.9 Å². The zero-order valence-electron chi connectivity index (χ0n) is 57.6. The SMILES string of the molecule is CCCCNc1ncc2c(-c3ccc(S(=O)(=O)N4CCOCC4)cc3)cn(CC3CCC(C)CC3)c2n1.CCCCNc1ncc2c(-c3ccc(S(N)(=O)=O)cc3)cn(CC3CCC(C)CC3)c2n1.NC1CCC(n2cc(-c3ccc(F)cc3)c3cnc(NCCC4CC4)nc32)CC1. The minimum Gasteiger partial charge on any atom is -0.379 e. The second-order valence-electron chi connectivity index (χ2n) is 28.3. The minimum absolute atomic E-state index is 0.111. The number of nitrogens with one attached hydrogen (secondary N) is 3. The zero-order chi connectivity index (χ0) is 68.3. The number of ether oxygens (including phenoxy) is 1. The summed E-state index contributed by atoms with van der Waals surface area (Å²) in [4.78, 5) is 28.8. The number of hydrogen-bond donors (Lipinski definition) is 5. The van der Waals surface area contributed by atoms with Crippen molar-refractivity contribution in [1.29, 1.82) is 0 Å². The first kappa shape index (κ1) is 70.5. The molecule has 5 aliphatic rings. The Bertz CT molecular complexity index is 4320. The minimum atomic E-state index is -3.72. The lowest BCUT2D eigenvalue weighted by Gasteiger charge is -2.27. The number of primary sulfonamides is 1. The molecule has 20 nitrogen and oxygen atoms in total. The highest BCUT2D eigenvalue weighted by atomic mass is 32.2. The van der Waals surface area contributed by atoms with Gasteiger partial charge in [0.1, 0.15) is 22.8 Å². The summed E-state index contributed by atoms with van der Waals surface area (Å²) in [5.41, 5.74) is 14.9. The van der Waals surface area contributed by atoms with Gasteiger partial charge in [-0.15, -0.1) is 0 Å². The van der Waals surface area contributed by atoms with Crippen LogP contribution in [0.2, 0.25) is 0 Å². The highest BCUT2D eigenvalue weighted by Crippen LogP contribution is 2.40. The van der Waals surface area contributed by atoms with Crippen LogP contribution >= 0.6 is 0 Å². The van der Waals surface area contributed by atoms with E-state index in [1.807, 2.05) is 42.9 Å². The van der Waals surface area contributed by atoms with E-state index in [2.05, 4.69) is 90.9 Å². The first-order valence-electron chi connectivity index (χ1n) is 36.1. The first-order valence-corrected chi connectivity index (χ1v) is 39.1. The van der Waals surface area contributed by atoms with E-state index in [1.54, 1.807) is 36.4 Å². The van der Waals surface area contributed by atoms with Gasteiger partial charge in [-0.1, -0.05) is 115 Å². The van der Waals surface area contributed by atoms with Crippen LogP contribution in [0.5, 0.6) is 0 Å². The Labute approximate surface area is 577 Å². The van der Waals surface area contributed by atoms with Gasteiger partial charge in [0.25, 0.3) is 0 Å². The highest BCUT2D eigenvalue weighted by Gasteiger charge is 2.29. The largest absolute Gasteiger partial charge is 0.379 e. The lowest BCUT2D eigenvalue weighted by Crippen LogP contribution is -2.40. The summed E-state index contributed by atoms with van der Waals surface area (Å²) in [6.07, 6.45) is 34.8. The van der Waals surface area contributed by atoms with Crippen LogP contribution in [-0.4, -0.2) is 117 Å². The molecule has 0 radical (unpaired) electrons. The molecule has 23 heteroatoms. The Kier molecular flexibility index (Phi) is 23.2. The van der Waals surface area contributed by atoms with Gasteiger partial charge in [-0.3, -0.25) is 0 Å². The summed E-state index contributed by atoms with van der Waals surface area (Å²) in [5, 5.41) is 18.3. The van der Waals surface area contributed by atoms with Crippen molar-refractivity contribution >= 4 is 71.0 Å². The molecule has 3 aromatic carbocycles. The number of rotatable bonds is 23. The third-order valence-corrected chi connectivity index (χ3v) is 23.5. The van der Waals surface area contributed by atoms with Gasteiger partial charge in [-0.2, -0.15) is 19.3 Å². The molecule has 5 fully saturated rings. The van der Waals surface area contributed by atoms with E-state index < -0.39 is 20.0 Å². The fraction of sp³-hybridized carbons (Fsp3) is 0.520. The van der Waals surface area contributed by atoms with E-state index in [1.165, 1.54) is 87.1 Å². The number of nitrogens with two attached hydrogens (primary N) is 2. The summed E-state index contributed by atoms with van der Waals surface area (Å²) in [6, 6.07) is 21.3. The molecule has 14 rings (SSSR count). The third-order valence-electron chi connectivity index (χ3n) is 20.7. The highest BCUT2D eigenvalue weighted by molar-refractivity contribution is 7.89. The second-order valence-corrected chi connectivity index (χ2v) is 31.8. The summed E-state index contributed by atoms with van der Waals surface area (Å²) in [5.74, 6) is 5.58. The maximum Gasteiger partial charge on any atom is 0.243 e. The van der Waals surface area contributed by atoms with Gasteiger partial charge in [0.15, 0.2) is 0 Å². The van der Waals surface area contributed by atoms with E-state index in [0.717, 1.165) is 168 Å². The Morgan fingerprint density at radius 2 is 0.939 bits per heavy atom. The number of hydrogen-bond acceptors (Lipinski definition) is 15. The zero-order valence-corrected chi connectivity index (χ0v) is 59.2. The van der Waals surface area contributed by atoms with E-state index in [0.29, 0.717) is 73.0 Å². The van der Waals surface area contributed by atoms with Crippen molar-refractivity contribution in [2.24, 2.45) is 40.5 Å². The number of benzene rings is 3. The van der Waals surface area contributed by atoms with Crippen molar-refractivity contribution in [3.05, 3.63) is 116 Å². The average Bonchev–Trinajstić information content (AvgIpc) is 1.62. The summed E-state index contributed by atoms with van der Waals surface area (Å²) >= 11 is 0. The van der Waals surface area contributed by atoms with Gasteiger partial charge in [0, 0.05) is 128 Å². The predicted molar refractivity (Wildman–Crippen MR) is 390 cm³/mol. The van der Waals surface area contributed by atoms with E-state index in [9.17, 15) is 21.2 Å². The van der Waals surface area contributed by atoms with Gasteiger partial charge >= 0.3 is 0 Å². The maximum absolute atomic E-state index is 13.4. The number of halogens is 1. The fourth-order valence-corrected chi connectivity index (χ4v) is 16.3. The number of nitrogens with zero attached hydrogens (tertiary/aromatic N) is 10. The van der Waals surface area contributed by atoms with E-state index >= 15 is 0 Å². The number of sulfonamides is 2. The maximum atomic E-state index is 13.4. The molecule has 7 N–H and O–H groups in total. The van der Waals surface area contributed by atoms with Crippen molar-refractivity contribution in [3.63, 3.8) is 0 Å². The summed E-state index contributed by atoms with van der Waals surface area (Å²) in [7, 11) is -7.24. The monoisotopic (exact) mass is 1370 g/mol. The molecule has 0 spiro atoms. The third kappa shape index (κ3) is 17.6. The normalized spacial score (nSPS) is 20.9. The number of fused-ring (bicyclic) bond motifs is 3. The topological polar surface area (TPSA) is 261 Å². The van der Waals surface area contributed by atoms with Gasteiger partial charge in [0.05, 0.1) is 23.0 Å². The van der Waals surface area contributed by atoms with Crippen molar-refractivity contribution < 1.29 is 26.0 Å². The van der Waals surface area contributed by atoms with Crippen LogP contribution in [0.25, 0.3) is 66.5 Å². The van der Waals surface area contributed by atoms with Crippen molar-refractivity contribution in [1.82, 2.24) is 47.9 Å². The molecule has 4 saturated carbocycles. The Morgan fingerprint density at radius 3 is 1.40 bits per heavy atom. The summed E-state index contributed by atoms with van der Waals surface area (Å²) < 4.78 is 76.5. The molecule has 0 amide bonds. The smallest absolute Gasteiger partial charge is 0.243 e. The molecule has 1 saturated heterocycles. The Balaban J connectivity index is 0.000000141. The van der Waals surface area contributed by atoms with Crippen LogP contribution in [0.4, 0.5) is 22.2 Å². The number of anilines is 3. The lowest BCUT2D eigenvalue weighted by molar-refractivity contribution is 0.0730. The van der Waals surface area contributed by atoms with Gasteiger partial charge in [-0.25, -0.2) is 41.3 Å². The number of morpholine rings is 1. The van der Waals surface area contributed by atoms with Crippen LogP contribution < -0.4 is 26.8 Å². The summed E-state index contributed by atoms with van der Waals surface area (Å²) in [6.45, 7) is 15.2. The van der Waals surface area contributed by atoms with Gasteiger partial charge in [0.2, 0.25) is 37.9 Å². The molecular formula is C75H100FN15O5S2. The fourth-order valence-electron chi connectivity index (χ4n) is 14.4. The Morgan fingerprint density at radius 1 is 0.520 bits per heavy atom. The van der Waals surface area contributed by atoms with Crippen LogP contribution in [-0.2, 0) is 37.9 Å². The first-order chi connectivity index (χ1) is 47.5. The molecule has 9 aromatic rings. The molecule has 4 aliphatic carbocycles. The van der Waals surface area contributed by atoms with Gasteiger partial charge in [-0.05, 0) is 153 Å². The molecule has 6 aromatic heterocycles. The van der Waals surface area contributed by atoms with Crippen molar-refractivity contribution in [2.45, 2.75) is 185 Å². The molecule has 98 heavy (non-hydrogen) atoms. The van der Waals surface area contributed by atoms with E-state index in [4.69, 9.17) is 30.6 Å². The van der Waals surface area contributed by atoms with Crippen LogP contribution in [0, 0.1) is 35.4 Å². The molecule has 0 unspecified atom stereocenters. The lowest BCUT2D eigenvalue weighted by atomic mass is 9.83. The molecule has 0 bridgehead atoms. The van der Waals surface area contributed by atoms with Crippen LogP contribution in [0.3, 0.4) is 0 Å². The number of unbranched alkanes of at least 4 members (excludes halogenated alkanes) is 2. The quantitative estimate of drug-likeness (QED) is 0.0373. The average molecular weight is 1370 g/mol. The predicted octanol–water partition coefficient (Wildman–Crippen LogP) is 14.8. The molecule has 524 valence electrons. The number of aromatic nitrogens is 9. The van der Waals surface area contributed by atoms with Crippen molar-refractivity contribution in [3.8, 4) is 33.4 Å². The molecule has 1 aliphatic heterocycles. The van der Waals surface area contributed by atoms with Crippen LogP contribution in [0.1, 0.15) is 156 Å². The Hall–Kier alpha value is -7.41. The molecular weight excluding hydrogens is 1270 g/mol. The van der Waals surface area contributed by atoms with Gasteiger partial charge < -0.3 is 40.1 Å².